The van der Waals surface area contributed by atoms with Crippen LogP contribution in [0.4, 0.5) is 0 Å². The van der Waals surface area contributed by atoms with Crippen molar-refractivity contribution in [3.05, 3.63) is 47.5 Å². The van der Waals surface area contributed by atoms with Gasteiger partial charge in [0.1, 0.15) is 11.5 Å². The summed E-state index contributed by atoms with van der Waals surface area (Å²) < 4.78 is 20.9. The molecule has 7 nitrogen and oxygen atoms in total. The lowest BCUT2D eigenvalue weighted by atomic mass is 10.00. The van der Waals surface area contributed by atoms with Crippen LogP contribution in [0.2, 0.25) is 0 Å². The number of methoxy groups -OCH3 is 4. The lowest BCUT2D eigenvalue weighted by Crippen LogP contribution is -2.17. The first-order valence-electron chi connectivity index (χ1n) is 7.76. The molecule has 0 aromatic heterocycles. The molecule has 0 heterocycles. The summed E-state index contributed by atoms with van der Waals surface area (Å²) in [7, 11) is 6.06. The van der Waals surface area contributed by atoms with Gasteiger partial charge in [-0.25, -0.2) is 0 Å². The van der Waals surface area contributed by atoms with Crippen LogP contribution in [0.5, 0.6) is 23.0 Å². The number of oxime groups is 1. The van der Waals surface area contributed by atoms with E-state index in [0.29, 0.717) is 34.1 Å². The maximum absolute atomic E-state index is 12.6. The Balaban J connectivity index is 2.30. The molecule has 0 amide bonds. The fourth-order valence-electron chi connectivity index (χ4n) is 2.50. The van der Waals surface area contributed by atoms with E-state index in [4.69, 9.17) is 18.9 Å². The Labute approximate surface area is 151 Å². The summed E-state index contributed by atoms with van der Waals surface area (Å²) in [6, 6.07) is 9.97. The summed E-state index contributed by atoms with van der Waals surface area (Å²) in [6.07, 6.45) is 0.0953. The molecule has 0 atom stereocenters. The van der Waals surface area contributed by atoms with Crippen molar-refractivity contribution in [3.8, 4) is 23.0 Å². The molecule has 0 radical (unpaired) electrons. The van der Waals surface area contributed by atoms with Crippen molar-refractivity contribution in [1.29, 1.82) is 0 Å². The van der Waals surface area contributed by atoms with Crippen LogP contribution in [-0.4, -0.2) is 45.1 Å². The normalized spacial score (nSPS) is 11.0. The molecule has 2 aromatic rings. The summed E-state index contributed by atoms with van der Waals surface area (Å²) in [5.41, 5.74) is 1.06. The highest BCUT2D eigenvalue weighted by atomic mass is 16.5. The predicted molar refractivity (Wildman–Crippen MR) is 96.3 cm³/mol. The van der Waals surface area contributed by atoms with E-state index < -0.39 is 0 Å². The molecule has 1 N–H and O–H groups in total. The van der Waals surface area contributed by atoms with Gasteiger partial charge in [-0.3, -0.25) is 4.79 Å². The van der Waals surface area contributed by atoms with Crippen LogP contribution in [0, 0.1) is 0 Å². The lowest BCUT2D eigenvalue weighted by Gasteiger charge is -2.14. The molecule has 0 bridgehead atoms. The SMILES string of the molecule is COc1ccc(C(=O)C(Cc2cc(OC)c(OC)c(OC)c2)=NO)cc1. The van der Waals surface area contributed by atoms with E-state index in [9.17, 15) is 10.0 Å². The van der Waals surface area contributed by atoms with Gasteiger partial charge in [-0.2, -0.15) is 0 Å². The summed E-state index contributed by atoms with van der Waals surface area (Å²) in [5.74, 6) is 1.60. The minimum absolute atomic E-state index is 0.00978. The molecule has 0 aliphatic rings. The van der Waals surface area contributed by atoms with Crippen molar-refractivity contribution in [2.75, 3.05) is 28.4 Å². The third kappa shape index (κ3) is 4.05. The van der Waals surface area contributed by atoms with E-state index in [1.807, 2.05) is 0 Å². The Morgan fingerprint density at radius 2 is 1.50 bits per heavy atom. The van der Waals surface area contributed by atoms with Gasteiger partial charge in [0, 0.05) is 12.0 Å². The second-order valence-corrected chi connectivity index (χ2v) is 5.31. The molecule has 0 saturated carbocycles. The van der Waals surface area contributed by atoms with Crippen LogP contribution in [0.1, 0.15) is 15.9 Å². The van der Waals surface area contributed by atoms with Crippen LogP contribution >= 0.6 is 0 Å². The highest BCUT2D eigenvalue weighted by molar-refractivity contribution is 6.46. The third-order valence-corrected chi connectivity index (χ3v) is 3.83. The molecule has 7 heteroatoms. The zero-order valence-corrected chi connectivity index (χ0v) is 15.1. The standard InChI is InChI=1S/C19H21NO6/c1-23-14-7-5-13(6-8-14)18(21)15(20-22)9-12-10-16(24-2)19(26-4)17(11-12)25-3/h5-8,10-11,22H,9H2,1-4H3. The van der Waals surface area contributed by atoms with Crippen molar-refractivity contribution in [1.82, 2.24) is 0 Å². The number of hydrogen-bond acceptors (Lipinski definition) is 7. The van der Waals surface area contributed by atoms with Crippen LogP contribution in [0.3, 0.4) is 0 Å². The van der Waals surface area contributed by atoms with Gasteiger partial charge in [-0.05, 0) is 42.0 Å². The lowest BCUT2D eigenvalue weighted by molar-refractivity contribution is 0.106. The molecule has 0 unspecified atom stereocenters. The van der Waals surface area contributed by atoms with E-state index >= 15 is 0 Å². The Morgan fingerprint density at radius 1 is 0.923 bits per heavy atom. The summed E-state index contributed by atoms with van der Waals surface area (Å²) >= 11 is 0. The maximum Gasteiger partial charge on any atom is 0.210 e. The molecule has 2 rings (SSSR count). The van der Waals surface area contributed by atoms with E-state index in [-0.39, 0.29) is 17.9 Å². The van der Waals surface area contributed by atoms with Gasteiger partial charge in [0.2, 0.25) is 11.5 Å². The first-order valence-corrected chi connectivity index (χ1v) is 7.76. The van der Waals surface area contributed by atoms with Crippen molar-refractivity contribution >= 4 is 11.5 Å². The second kappa shape index (κ2) is 8.75. The number of Topliss-reactive ketones (excluding diaryl/α,β-unsaturated/α-hetero) is 1. The number of carbonyl (C=O) groups excluding carboxylic acids is 1. The van der Waals surface area contributed by atoms with Crippen molar-refractivity contribution < 1.29 is 28.9 Å². The number of nitrogens with zero attached hydrogens (tertiary/aromatic N) is 1. The quantitative estimate of drug-likeness (QED) is 0.337. The number of carbonyl (C=O) groups is 1. The zero-order valence-electron chi connectivity index (χ0n) is 15.1. The van der Waals surface area contributed by atoms with Gasteiger partial charge in [-0.15, -0.1) is 0 Å². The molecular formula is C19H21NO6. The first kappa shape index (κ1) is 19.1. The molecule has 0 aliphatic carbocycles. The van der Waals surface area contributed by atoms with Gasteiger partial charge in [0.15, 0.2) is 11.5 Å². The molecule has 2 aromatic carbocycles. The summed E-state index contributed by atoms with van der Waals surface area (Å²) in [6.45, 7) is 0. The smallest absolute Gasteiger partial charge is 0.210 e. The average Bonchev–Trinajstić information content (AvgIpc) is 2.70. The predicted octanol–water partition coefficient (Wildman–Crippen LogP) is 2.98. The van der Waals surface area contributed by atoms with Crippen molar-refractivity contribution in [2.45, 2.75) is 6.42 Å². The van der Waals surface area contributed by atoms with Crippen LogP contribution in [0.15, 0.2) is 41.6 Å². The van der Waals surface area contributed by atoms with Crippen LogP contribution < -0.4 is 18.9 Å². The molecule has 0 spiro atoms. The number of ketones is 1. The number of ether oxygens (including phenoxy) is 4. The minimum Gasteiger partial charge on any atom is -0.497 e. The minimum atomic E-state index is -0.385. The zero-order chi connectivity index (χ0) is 19.1. The van der Waals surface area contributed by atoms with Gasteiger partial charge in [-0.1, -0.05) is 5.16 Å². The molecule has 26 heavy (non-hydrogen) atoms. The molecular weight excluding hydrogens is 338 g/mol. The van der Waals surface area contributed by atoms with Crippen LogP contribution in [-0.2, 0) is 6.42 Å². The van der Waals surface area contributed by atoms with Crippen LogP contribution in [0.25, 0.3) is 0 Å². The second-order valence-electron chi connectivity index (χ2n) is 5.31. The number of hydrogen-bond donors (Lipinski definition) is 1. The fourth-order valence-corrected chi connectivity index (χ4v) is 2.50. The first-order chi connectivity index (χ1) is 12.6. The number of benzene rings is 2. The topological polar surface area (TPSA) is 86.6 Å². The van der Waals surface area contributed by atoms with E-state index in [2.05, 4.69) is 5.16 Å². The highest BCUT2D eigenvalue weighted by Crippen LogP contribution is 2.38. The third-order valence-electron chi connectivity index (χ3n) is 3.83. The Kier molecular flexibility index (Phi) is 6.43. The fraction of sp³-hybridized carbons (Fsp3) is 0.263. The molecule has 0 aliphatic heterocycles. The van der Waals surface area contributed by atoms with Gasteiger partial charge in [0.25, 0.3) is 0 Å². The maximum atomic E-state index is 12.6. The largest absolute Gasteiger partial charge is 0.497 e. The van der Waals surface area contributed by atoms with Gasteiger partial charge >= 0.3 is 0 Å². The molecule has 138 valence electrons. The summed E-state index contributed by atoms with van der Waals surface area (Å²) in [4.78, 5) is 12.6. The van der Waals surface area contributed by atoms with E-state index in [1.165, 1.54) is 21.3 Å². The van der Waals surface area contributed by atoms with E-state index in [0.717, 1.165) is 0 Å². The highest BCUT2D eigenvalue weighted by Gasteiger charge is 2.19. The Morgan fingerprint density at radius 3 is 1.92 bits per heavy atom. The van der Waals surface area contributed by atoms with Gasteiger partial charge < -0.3 is 24.2 Å². The van der Waals surface area contributed by atoms with E-state index in [1.54, 1.807) is 43.5 Å². The molecule has 0 saturated heterocycles. The van der Waals surface area contributed by atoms with Gasteiger partial charge in [0.05, 0.1) is 28.4 Å². The van der Waals surface area contributed by atoms with Crippen molar-refractivity contribution in [2.24, 2.45) is 5.16 Å². The number of rotatable bonds is 8. The Bertz CT molecular complexity index is 773. The summed E-state index contributed by atoms with van der Waals surface area (Å²) in [5, 5.41) is 12.5. The monoisotopic (exact) mass is 359 g/mol. The Hall–Kier alpha value is -3.22. The van der Waals surface area contributed by atoms with Crippen molar-refractivity contribution in [3.63, 3.8) is 0 Å². The molecule has 0 fully saturated rings. The average molecular weight is 359 g/mol.